The maximum atomic E-state index is 12.4. The molecule has 1 amide bonds. The molecule has 0 aromatic heterocycles. The Bertz CT molecular complexity index is 534. The van der Waals surface area contributed by atoms with Gasteiger partial charge in [0.1, 0.15) is 0 Å². The van der Waals surface area contributed by atoms with Crippen LogP contribution >= 0.6 is 11.6 Å². The number of hydrogen-bond acceptors (Lipinski definition) is 4. The van der Waals surface area contributed by atoms with Crippen LogP contribution in [0.2, 0.25) is 11.3 Å². The highest BCUT2D eigenvalue weighted by Crippen LogP contribution is 2.23. The van der Waals surface area contributed by atoms with Gasteiger partial charge >= 0.3 is 7.12 Å². The molecule has 1 fully saturated rings. The number of hydrogen-bond donors (Lipinski definition) is 3. The van der Waals surface area contributed by atoms with Crippen molar-refractivity contribution in [1.82, 2.24) is 4.90 Å². The molecule has 1 atom stereocenters. The van der Waals surface area contributed by atoms with E-state index in [0.717, 1.165) is 50.8 Å². The van der Waals surface area contributed by atoms with Gasteiger partial charge in [-0.1, -0.05) is 36.6 Å². The zero-order chi connectivity index (χ0) is 18.2. The molecule has 0 bridgehead atoms. The Morgan fingerprint density at radius 1 is 1.24 bits per heavy atom. The summed E-state index contributed by atoms with van der Waals surface area (Å²) >= 11 is 5.87. The van der Waals surface area contributed by atoms with Crippen molar-refractivity contribution in [1.29, 1.82) is 0 Å². The first-order valence-corrected chi connectivity index (χ1v) is 9.47. The first kappa shape index (κ1) is 20.2. The topological polar surface area (TPSA) is 86.8 Å². The fourth-order valence-corrected chi connectivity index (χ4v) is 3.53. The van der Waals surface area contributed by atoms with Crippen LogP contribution in [0.25, 0.3) is 0 Å². The van der Waals surface area contributed by atoms with E-state index in [4.69, 9.17) is 27.4 Å². The van der Waals surface area contributed by atoms with Crippen molar-refractivity contribution < 1.29 is 14.8 Å². The third kappa shape index (κ3) is 6.98. The third-order valence-corrected chi connectivity index (χ3v) is 5.27. The average Bonchev–Trinajstić information content (AvgIpc) is 2.60. The van der Waals surface area contributed by atoms with Gasteiger partial charge in [-0.25, -0.2) is 0 Å². The van der Waals surface area contributed by atoms with E-state index in [2.05, 4.69) is 0 Å². The molecule has 1 aromatic rings. The lowest BCUT2D eigenvalue weighted by Gasteiger charge is -2.35. The van der Waals surface area contributed by atoms with Crippen molar-refractivity contribution in [2.75, 3.05) is 13.1 Å². The number of carbonyl (C=O) groups excluding carboxylic acids is 1. The second-order valence-corrected chi connectivity index (χ2v) is 7.39. The minimum Gasteiger partial charge on any atom is -0.427 e. The number of rotatable bonds is 8. The van der Waals surface area contributed by atoms with E-state index >= 15 is 0 Å². The maximum absolute atomic E-state index is 12.4. The highest BCUT2D eigenvalue weighted by atomic mass is 35.5. The zero-order valence-electron chi connectivity index (χ0n) is 14.6. The van der Waals surface area contributed by atoms with Crippen LogP contribution in [-0.2, 0) is 11.2 Å². The summed E-state index contributed by atoms with van der Waals surface area (Å²) in [6.45, 7) is 1.53. The second-order valence-electron chi connectivity index (χ2n) is 6.95. The van der Waals surface area contributed by atoms with Crippen molar-refractivity contribution in [2.24, 2.45) is 11.7 Å². The maximum Gasteiger partial charge on any atom is 0.451 e. The van der Waals surface area contributed by atoms with Gasteiger partial charge in [-0.3, -0.25) is 4.79 Å². The normalized spacial score (nSPS) is 16.7. The molecule has 1 aliphatic rings. The quantitative estimate of drug-likeness (QED) is 0.486. The van der Waals surface area contributed by atoms with Crippen molar-refractivity contribution >= 4 is 24.6 Å². The largest absolute Gasteiger partial charge is 0.451 e. The lowest BCUT2D eigenvalue weighted by atomic mass is 9.82. The molecule has 4 N–H and O–H groups in total. The Morgan fingerprint density at radius 3 is 2.48 bits per heavy atom. The average molecular weight is 367 g/mol. The number of nitrogens with zero attached hydrogens (tertiary/aromatic N) is 1. The van der Waals surface area contributed by atoms with Gasteiger partial charge in [0, 0.05) is 24.2 Å². The van der Waals surface area contributed by atoms with Crippen LogP contribution in [0, 0.1) is 5.92 Å². The number of halogens is 1. The van der Waals surface area contributed by atoms with E-state index < -0.39 is 7.12 Å². The molecule has 138 valence electrons. The van der Waals surface area contributed by atoms with Crippen LogP contribution in [-0.4, -0.2) is 47.1 Å². The molecule has 1 aromatic carbocycles. The van der Waals surface area contributed by atoms with E-state index in [1.54, 1.807) is 0 Å². The fraction of sp³-hybridized carbons (Fsp3) is 0.611. The van der Waals surface area contributed by atoms with Gasteiger partial charge in [0.05, 0.1) is 6.42 Å². The lowest BCUT2D eigenvalue weighted by molar-refractivity contribution is -0.131. The predicted molar refractivity (Wildman–Crippen MR) is 101 cm³/mol. The summed E-state index contributed by atoms with van der Waals surface area (Å²) in [4.78, 5) is 14.3. The molecule has 1 aliphatic heterocycles. The van der Waals surface area contributed by atoms with E-state index in [1.165, 1.54) is 0 Å². The number of amides is 1. The molecule has 1 unspecified atom stereocenters. The van der Waals surface area contributed by atoms with E-state index in [0.29, 0.717) is 23.7 Å². The molecule has 0 saturated carbocycles. The molecule has 7 heteroatoms. The summed E-state index contributed by atoms with van der Waals surface area (Å²) in [5, 5.41) is 18.4. The summed E-state index contributed by atoms with van der Waals surface area (Å²) in [6, 6.07) is 7.54. The molecular formula is C18H28BClN2O3. The number of nitrogens with two attached hydrogens (primary N) is 1. The summed E-state index contributed by atoms with van der Waals surface area (Å²) in [7, 11) is -1.22. The molecular weight excluding hydrogens is 338 g/mol. The molecule has 2 rings (SSSR count). The van der Waals surface area contributed by atoms with Crippen molar-refractivity contribution in [3.05, 3.63) is 34.9 Å². The second kappa shape index (κ2) is 10.2. The molecule has 1 heterocycles. The zero-order valence-corrected chi connectivity index (χ0v) is 15.4. The molecule has 1 saturated heterocycles. The van der Waals surface area contributed by atoms with Crippen LogP contribution in [0.3, 0.4) is 0 Å². The molecule has 5 nitrogen and oxygen atoms in total. The smallest absolute Gasteiger partial charge is 0.427 e. The van der Waals surface area contributed by atoms with Gasteiger partial charge in [0.15, 0.2) is 0 Å². The lowest BCUT2D eigenvalue weighted by Crippen LogP contribution is -2.44. The Morgan fingerprint density at radius 2 is 1.88 bits per heavy atom. The van der Waals surface area contributed by atoms with Crippen LogP contribution in [0.4, 0.5) is 0 Å². The van der Waals surface area contributed by atoms with Gasteiger partial charge in [-0.15, -0.1) is 0 Å². The van der Waals surface area contributed by atoms with Crippen LogP contribution < -0.4 is 5.73 Å². The van der Waals surface area contributed by atoms with Crippen molar-refractivity contribution in [2.45, 2.75) is 50.9 Å². The van der Waals surface area contributed by atoms with E-state index in [-0.39, 0.29) is 11.9 Å². The highest BCUT2D eigenvalue weighted by Gasteiger charge is 2.26. The highest BCUT2D eigenvalue weighted by molar-refractivity contribution is 6.40. The first-order valence-electron chi connectivity index (χ1n) is 9.09. The fourth-order valence-electron chi connectivity index (χ4n) is 3.41. The van der Waals surface area contributed by atoms with Crippen molar-refractivity contribution in [3.8, 4) is 0 Å². The van der Waals surface area contributed by atoms with Gasteiger partial charge in [0.25, 0.3) is 0 Å². The number of benzene rings is 1. The van der Waals surface area contributed by atoms with Crippen LogP contribution in [0.5, 0.6) is 0 Å². The van der Waals surface area contributed by atoms with Crippen molar-refractivity contribution in [3.63, 3.8) is 0 Å². The number of piperidine rings is 1. The van der Waals surface area contributed by atoms with Crippen LogP contribution in [0.1, 0.15) is 37.7 Å². The minimum absolute atomic E-state index is 0.129. The van der Waals surface area contributed by atoms with E-state index in [1.807, 2.05) is 29.2 Å². The minimum atomic E-state index is -1.22. The summed E-state index contributed by atoms with van der Waals surface area (Å²) < 4.78 is 0. The summed E-state index contributed by atoms with van der Waals surface area (Å²) in [5.74, 6) is 0.602. The van der Waals surface area contributed by atoms with Gasteiger partial charge in [-0.2, -0.15) is 0 Å². The summed E-state index contributed by atoms with van der Waals surface area (Å²) in [5.41, 5.74) is 7.27. The van der Waals surface area contributed by atoms with Gasteiger partial charge < -0.3 is 20.7 Å². The van der Waals surface area contributed by atoms with Gasteiger partial charge in [0.2, 0.25) is 5.91 Å². The van der Waals surface area contributed by atoms with Crippen LogP contribution in [0.15, 0.2) is 24.3 Å². The first-order chi connectivity index (χ1) is 12.0. The predicted octanol–water partition coefficient (Wildman–Crippen LogP) is 2.09. The Hall–Kier alpha value is -1.08. The Labute approximate surface area is 155 Å². The number of unbranched alkanes of at least 4 members (excludes halogenated alkanes) is 1. The molecule has 0 aliphatic carbocycles. The monoisotopic (exact) mass is 366 g/mol. The SMILES string of the molecule is NC(CCCCB(O)O)C1CCN(C(=O)Cc2ccc(Cl)cc2)CC1. The molecule has 0 radical (unpaired) electrons. The molecule has 25 heavy (non-hydrogen) atoms. The number of carbonyl (C=O) groups is 1. The van der Waals surface area contributed by atoms with Gasteiger partial charge in [-0.05, 0) is 49.2 Å². The third-order valence-electron chi connectivity index (χ3n) is 5.02. The number of likely N-dealkylation sites (tertiary alicyclic amines) is 1. The Kier molecular flexibility index (Phi) is 8.23. The summed E-state index contributed by atoms with van der Waals surface area (Å²) in [6.07, 6.45) is 5.29. The molecule has 0 spiro atoms. The Balaban J connectivity index is 1.69. The van der Waals surface area contributed by atoms with E-state index in [9.17, 15) is 4.79 Å². The standard InChI is InChI=1S/C18H28BClN2O3/c20-16-6-4-14(5-7-16)13-18(23)22-11-8-15(9-12-22)17(21)3-1-2-10-19(24)25/h4-7,15,17,24-25H,1-3,8-13,21H2.